The molecule has 0 heterocycles. The standard InChI is InChI=1S/C12H15N/c1-4-5-6-11-7-8-12(13)10(3)9(11)2/h4-8H,1,13H2,2-3H3/b6-5-. The number of rotatable bonds is 2. The largest absolute Gasteiger partial charge is 0.399 e. The van der Waals surface area contributed by atoms with Crippen LogP contribution in [0, 0.1) is 13.8 Å². The molecular formula is C12H15N. The van der Waals surface area contributed by atoms with Gasteiger partial charge in [0.2, 0.25) is 0 Å². The van der Waals surface area contributed by atoms with Crippen molar-refractivity contribution in [1.82, 2.24) is 0 Å². The molecule has 0 amide bonds. The maximum absolute atomic E-state index is 5.77. The highest BCUT2D eigenvalue weighted by atomic mass is 14.6. The van der Waals surface area contributed by atoms with Gasteiger partial charge in [-0.2, -0.15) is 0 Å². The first-order valence-electron chi connectivity index (χ1n) is 4.31. The number of hydrogen-bond donors (Lipinski definition) is 1. The third-order valence-corrected chi connectivity index (χ3v) is 2.28. The minimum absolute atomic E-state index is 0.855. The number of allylic oxidation sites excluding steroid dienone is 2. The van der Waals surface area contributed by atoms with Crippen LogP contribution in [0.4, 0.5) is 5.69 Å². The Bertz CT molecular complexity index is 348. The van der Waals surface area contributed by atoms with Crippen molar-refractivity contribution >= 4 is 11.8 Å². The van der Waals surface area contributed by atoms with E-state index in [-0.39, 0.29) is 0 Å². The average Bonchev–Trinajstić information content (AvgIpc) is 2.13. The molecule has 0 unspecified atom stereocenters. The van der Waals surface area contributed by atoms with Crippen LogP contribution in [0.3, 0.4) is 0 Å². The van der Waals surface area contributed by atoms with E-state index in [0.717, 1.165) is 11.3 Å². The summed E-state index contributed by atoms with van der Waals surface area (Å²) < 4.78 is 0. The fourth-order valence-electron chi connectivity index (χ4n) is 1.21. The fourth-order valence-corrected chi connectivity index (χ4v) is 1.21. The average molecular weight is 173 g/mol. The van der Waals surface area contributed by atoms with E-state index >= 15 is 0 Å². The summed E-state index contributed by atoms with van der Waals surface area (Å²) >= 11 is 0. The Balaban J connectivity index is 3.17. The maximum atomic E-state index is 5.77. The first kappa shape index (κ1) is 9.59. The molecule has 0 aromatic heterocycles. The summed E-state index contributed by atoms with van der Waals surface area (Å²) in [7, 11) is 0. The Morgan fingerprint density at radius 2 is 1.92 bits per heavy atom. The molecule has 2 N–H and O–H groups in total. The smallest absolute Gasteiger partial charge is 0.0346 e. The highest BCUT2D eigenvalue weighted by Crippen LogP contribution is 2.20. The van der Waals surface area contributed by atoms with Gasteiger partial charge in [-0.3, -0.25) is 0 Å². The molecule has 0 radical (unpaired) electrons. The van der Waals surface area contributed by atoms with Gasteiger partial charge in [0.05, 0.1) is 0 Å². The van der Waals surface area contributed by atoms with Crippen molar-refractivity contribution in [2.75, 3.05) is 5.73 Å². The maximum Gasteiger partial charge on any atom is 0.0346 e. The van der Waals surface area contributed by atoms with E-state index in [1.54, 1.807) is 6.08 Å². The molecule has 0 spiro atoms. The van der Waals surface area contributed by atoms with Crippen molar-refractivity contribution in [3.8, 4) is 0 Å². The molecule has 0 saturated heterocycles. The van der Waals surface area contributed by atoms with Gasteiger partial charge >= 0.3 is 0 Å². The third-order valence-electron chi connectivity index (χ3n) is 2.28. The molecule has 1 aromatic carbocycles. The minimum atomic E-state index is 0.855. The van der Waals surface area contributed by atoms with E-state index in [2.05, 4.69) is 13.5 Å². The Labute approximate surface area is 79.6 Å². The number of hydrogen-bond acceptors (Lipinski definition) is 1. The van der Waals surface area contributed by atoms with Gasteiger partial charge in [-0.1, -0.05) is 30.9 Å². The zero-order valence-electron chi connectivity index (χ0n) is 8.17. The first-order chi connectivity index (χ1) is 6.16. The molecule has 1 rings (SSSR count). The Morgan fingerprint density at radius 1 is 1.23 bits per heavy atom. The van der Waals surface area contributed by atoms with Crippen LogP contribution >= 0.6 is 0 Å². The first-order valence-corrected chi connectivity index (χ1v) is 4.31. The number of nitrogens with two attached hydrogens (primary N) is 1. The Morgan fingerprint density at radius 3 is 2.54 bits per heavy atom. The van der Waals surface area contributed by atoms with E-state index in [9.17, 15) is 0 Å². The van der Waals surface area contributed by atoms with Crippen molar-refractivity contribution < 1.29 is 0 Å². The number of nitrogen functional groups attached to an aromatic ring is 1. The van der Waals surface area contributed by atoms with Crippen LogP contribution in [0.25, 0.3) is 6.08 Å². The molecule has 0 atom stereocenters. The van der Waals surface area contributed by atoms with E-state index in [4.69, 9.17) is 5.73 Å². The molecule has 13 heavy (non-hydrogen) atoms. The second-order valence-corrected chi connectivity index (χ2v) is 3.09. The van der Waals surface area contributed by atoms with E-state index < -0.39 is 0 Å². The monoisotopic (exact) mass is 173 g/mol. The predicted molar refractivity (Wildman–Crippen MR) is 59.6 cm³/mol. The van der Waals surface area contributed by atoms with Gasteiger partial charge in [-0.15, -0.1) is 0 Å². The van der Waals surface area contributed by atoms with Crippen molar-refractivity contribution in [2.45, 2.75) is 13.8 Å². The van der Waals surface area contributed by atoms with Gasteiger partial charge in [-0.05, 0) is 36.6 Å². The molecule has 0 aliphatic carbocycles. The fraction of sp³-hybridized carbons (Fsp3) is 0.167. The van der Waals surface area contributed by atoms with Crippen LogP contribution in [-0.4, -0.2) is 0 Å². The zero-order chi connectivity index (χ0) is 9.84. The SMILES string of the molecule is C=C/C=C\c1ccc(N)c(C)c1C. The summed E-state index contributed by atoms with van der Waals surface area (Å²) in [4.78, 5) is 0. The predicted octanol–water partition coefficient (Wildman–Crippen LogP) is 3.08. The Kier molecular flexibility index (Phi) is 2.91. The summed E-state index contributed by atoms with van der Waals surface area (Å²) in [5, 5.41) is 0. The van der Waals surface area contributed by atoms with Crippen LogP contribution in [0.5, 0.6) is 0 Å². The van der Waals surface area contributed by atoms with E-state index in [1.165, 1.54) is 11.1 Å². The molecule has 1 aromatic rings. The summed E-state index contributed by atoms with van der Waals surface area (Å²) in [6.07, 6.45) is 5.73. The highest BCUT2D eigenvalue weighted by Gasteiger charge is 2.00. The lowest BCUT2D eigenvalue weighted by Crippen LogP contribution is -1.93. The van der Waals surface area contributed by atoms with E-state index in [1.807, 2.05) is 31.2 Å². The van der Waals surface area contributed by atoms with Gasteiger partial charge in [-0.25, -0.2) is 0 Å². The summed E-state index contributed by atoms with van der Waals surface area (Å²) in [5.41, 5.74) is 10.2. The summed E-state index contributed by atoms with van der Waals surface area (Å²) in [6, 6.07) is 3.96. The van der Waals surface area contributed by atoms with Gasteiger partial charge in [0.15, 0.2) is 0 Å². The lowest BCUT2D eigenvalue weighted by molar-refractivity contribution is 1.33. The second-order valence-electron chi connectivity index (χ2n) is 3.09. The van der Waals surface area contributed by atoms with Crippen molar-refractivity contribution in [2.24, 2.45) is 0 Å². The van der Waals surface area contributed by atoms with Crippen molar-refractivity contribution in [3.63, 3.8) is 0 Å². The molecule has 0 fully saturated rings. The van der Waals surface area contributed by atoms with E-state index in [0.29, 0.717) is 0 Å². The molecule has 0 bridgehead atoms. The van der Waals surface area contributed by atoms with Gasteiger partial charge < -0.3 is 5.73 Å². The van der Waals surface area contributed by atoms with Crippen molar-refractivity contribution in [1.29, 1.82) is 0 Å². The van der Waals surface area contributed by atoms with Gasteiger partial charge in [0.25, 0.3) is 0 Å². The lowest BCUT2D eigenvalue weighted by atomic mass is 10.0. The van der Waals surface area contributed by atoms with Gasteiger partial charge in [0, 0.05) is 5.69 Å². The molecule has 68 valence electrons. The van der Waals surface area contributed by atoms with Gasteiger partial charge in [0.1, 0.15) is 0 Å². The van der Waals surface area contributed by atoms with Crippen molar-refractivity contribution in [3.05, 3.63) is 47.6 Å². The van der Waals surface area contributed by atoms with Crippen LogP contribution in [0.2, 0.25) is 0 Å². The lowest BCUT2D eigenvalue weighted by Gasteiger charge is -2.07. The highest BCUT2D eigenvalue weighted by molar-refractivity contribution is 5.62. The molecule has 0 aliphatic rings. The van der Waals surface area contributed by atoms with Crippen LogP contribution in [0.15, 0.2) is 30.9 Å². The summed E-state index contributed by atoms with van der Waals surface area (Å²) in [5.74, 6) is 0. The molecule has 1 heteroatoms. The van der Waals surface area contributed by atoms with Crippen LogP contribution in [-0.2, 0) is 0 Å². The van der Waals surface area contributed by atoms with Crippen LogP contribution < -0.4 is 5.73 Å². The normalized spacial score (nSPS) is 10.6. The zero-order valence-corrected chi connectivity index (χ0v) is 8.17. The number of benzene rings is 1. The van der Waals surface area contributed by atoms with Crippen LogP contribution in [0.1, 0.15) is 16.7 Å². The number of anilines is 1. The topological polar surface area (TPSA) is 26.0 Å². The third kappa shape index (κ3) is 2.00. The second kappa shape index (κ2) is 3.94. The molecule has 0 saturated carbocycles. The molecule has 1 nitrogen and oxygen atoms in total. The minimum Gasteiger partial charge on any atom is -0.399 e. The summed E-state index contributed by atoms with van der Waals surface area (Å²) in [6.45, 7) is 7.75. The molecular weight excluding hydrogens is 158 g/mol. The molecule has 0 aliphatic heterocycles. The quantitative estimate of drug-likeness (QED) is 0.539. The Hall–Kier alpha value is -1.50.